The predicted octanol–water partition coefficient (Wildman–Crippen LogP) is 3.48. The van der Waals surface area contributed by atoms with Gasteiger partial charge in [0.25, 0.3) is 0 Å². The van der Waals surface area contributed by atoms with Crippen LogP contribution in [0.1, 0.15) is 19.7 Å². The monoisotopic (exact) mass is 413 g/mol. The molecule has 0 atom stereocenters. The minimum atomic E-state index is -2.86. The average molecular weight is 413 g/mol. The number of benzene rings is 1. The number of alkyl halides is 2. The normalized spacial score (nSPS) is 11.3. The molecule has 144 valence electrons. The first-order chi connectivity index (χ1) is 13.0. The van der Waals surface area contributed by atoms with Crippen LogP contribution < -0.4 is 10.1 Å². The maximum Gasteiger partial charge on any atom is 0.387 e. The SMILES string of the molecule is CC(C)CNc1nnc(SCc2nnnn2-c2ccc(OC(F)F)cc2)s1. The fourth-order valence-corrected chi connectivity index (χ4v) is 3.69. The lowest BCUT2D eigenvalue weighted by Crippen LogP contribution is -2.07. The summed E-state index contributed by atoms with van der Waals surface area (Å²) in [6, 6.07) is 6.11. The number of halogens is 2. The van der Waals surface area contributed by atoms with Crippen LogP contribution >= 0.6 is 23.1 Å². The van der Waals surface area contributed by atoms with Crippen LogP contribution in [0.2, 0.25) is 0 Å². The van der Waals surface area contributed by atoms with E-state index in [2.05, 4.69) is 49.6 Å². The number of aromatic nitrogens is 6. The summed E-state index contributed by atoms with van der Waals surface area (Å²) in [6.45, 7) is 2.22. The van der Waals surface area contributed by atoms with Crippen LogP contribution in [0, 0.1) is 5.92 Å². The largest absolute Gasteiger partial charge is 0.435 e. The third kappa shape index (κ3) is 5.57. The van der Waals surface area contributed by atoms with E-state index in [4.69, 9.17) is 0 Å². The predicted molar refractivity (Wildman–Crippen MR) is 98.6 cm³/mol. The minimum absolute atomic E-state index is 0.0769. The lowest BCUT2D eigenvalue weighted by atomic mass is 10.2. The lowest BCUT2D eigenvalue weighted by molar-refractivity contribution is -0.0498. The Kier molecular flexibility index (Phi) is 6.50. The van der Waals surface area contributed by atoms with Crippen LogP contribution in [-0.4, -0.2) is 43.6 Å². The van der Waals surface area contributed by atoms with Crippen molar-refractivity contribution in [2.75, 3.05) is 11.9 Å². The summed E-state index contributed by atoms with van der Waals surface area (Å²) >= 11 is 2.94. The molecule has 0 saturated heterocycles. The van der Waals surface area contributed by atoms with Crippen molar-refractivity contribution in [1.82, 2.24) is 30.4 Å². The third-order valence-electron chi connectivity index (χ3n) is 3.23. The van der Waals surface area contributed by atoms with E-state index in [0.29, 0.717) is 23.2 Å². The number of hydrogen-bond donors (Lipinski definition) is 1. The molecular weight excluding hydrogens is 396 g/mol. The molecule has 12 heteroatoms. The van der Waals surface area contributed by atoms with E-state index in [1.165, 1.54) is 39.9 Å². The highest BCUT2D eigenvalue weighted by molar-refractivity contribution is 8.00. The molecule has 0 radical (unpaired) electrons. The van der Waals surface area contributed by atoms with Gasteiger partial charge in [-0.1, -0.05) is 36.9 Å². The fourth-order valence-electron chi connectivity index (χ4n) is 2.02. The Morgan fingerprint density at radius 1 is 1.19 bits per heavy atom. The maximum atomic E-state index is 12.2. The quantitative estimate of drug-likeness (QED) is 0.533. The van der Waals surface area contributed by atoms with Crippen LogP contribution in [0.25, 0.3) is 5.69 Å². The smallest absolute Gasteiger partial charge is 0.387 e. The molecule has 0 aliphatic rings. The van der Waals surface area contributed by atoms with Gasteiger partial charge in [-0.25, -0.2) is 0 Å². The van der Waals surface area contributed by atoms with Gasteiger partial charge in [-0.15, -0.1) is 15.3 Å². The van der Waals surface area contributed by atoms with E-state index in [1.54, 1.807) is 12.1 Å². The van der Waals surface area contributed by atoms with E-state index in [9.17, 15) is 8.78 Å². The molecule has 3 rings (SSSR count). The Balaban J connectivity index is 1.62. The Labute approximate surface area is 162 Å². The molecule has 0 unspecified atom stereocenters. The number of rotatable bonds is 9. The molecule has 0 aliphatic carbocycles. The van der Waals surface area contributed by atoms with Gasteiger partial charge in [-0.2, -0.15) is 13.5 Å². The average Bonchev–Trinajstić information content (AvgIpc) is 3.27. The molecule has 1 aromatic carbocycles. The van der Waals surface area contributed by atoms with E-state index in [1.807, 2.05) is 0 Å². The highest BCUT2D eigenvalue weighted by Gasteiger charge is 2.12. The molecule has 0 fully saturated rings. The van der Waals surface area contributed by atoms with Crippen LogP contribution in [0.5, 0.6) is 5.75 Å². The van der Waals surface area contributed by atoms with Gasteiger partial charge in [0, 0.05) is 6.54 Å². The first-order valence-corrected chi connectivity index (χ1v) is 9.84. The zero-order valence-electron chi connectivity index (χ0n) is 14.5. The summed E-state index contributed by atoms with van der Waals surface area (Å²) in [5, 5.41) is 23.9. The van der Waals surface area contributed by atoms with E-state index < -0.39 is 6.61 Å². The molecule has 2 heterocycles. The van der Waals surface area contributed by atoms with Gasteiger partial charge in [0.05, 0.1) is 11.4 Å². The number of nitrogens with one attached hydrogen (secondary N) is 1. The van der Waals surface area contributed by atoms with Crippen molar-refractivity contribution in [1.29, 1.82) is 0 Å². The van der Waals surface area contributed by atoms with Crippen LogP contribution in [0.3, 0.4) is 0 Å². The first-order valence-electron chi connectivity index (χ1n) is 8.04. The number of thioether (sulfide) groups is 1. The van der Waals surface area contributed by atoms with Crippen LogP contribution in [0.4, 0.5) is 13.9 Å². The summed E-state index contributed by atoms with van der Waals surface area (Å²) < 4.78 is 31.1. The van der Waals surface area contributed by atoms with Crippen molar-refractivity contribution in [3.63, 3.8) is 0 Å². The van der Waals surface area contributed by atoms with E-state index in [0.717, 1.165) is 16.0 Å². The molecule has 0 spiro atoms. The van der Waals surface area contributed by atoms with Gasteiger partial charge < -0.3 is 10.1 Å². The van der Waals surface area contributed by atoms with Gasteiger partial charge >= 0.3 is 6.61 Å². The first kappa shape index (κ1) is 19.4. The highest BCUT2D eigenvalue weighted by atomic mass is 32.2. The number of nitrogens with zero attached hydrogens (tertiary/aromatic N) is 6. The second kappa shape index (κ2) is 9.04. The van der Waals surface area contributed by atoms with Gasteiger partial charge in [-0.3, -0.25) is 0 Å². The summed E-state index contributed by atoms with van der Waals surface area (Å²) in [5.74, 6) is 1.69. The summed E-state index contributed by atoms with van der Waals surface area (Å²) in [4.78, 5) is 0. The third-order valence-corrected chi connectivity index (χ3v) is 5.24. The summed E-state index contributed by atoms with van der Waals surface area (Å²) in [6.07, 6.45) is 0. The topological polar surface area (TPSA) is 90.6 Å². The van der Waals surface area contributed by atoms with Crippen molar-refractivity contribution >= 4 is 28.2 Å². The Morgan fingerprint density at radius 3 is 2.67 bits per heavy atom. The molecule has 0 saturated carbocycles. The number of anilines is 1. The summed E-state index contributed by atoms with van der Waals surface area (Å²) in [5.41, 5.74) is 0.647. The fraction of sp³-hybridized carbons (Fsp3) is 0.400. The van der Waals surface area contributed by atoms with Gasteiger partial charge in [0.1, 0.15) is 5.75 Å². The molecule has 0 aliphatic heterocycles. The van der Waals surface area contributed by atoms with Crippen molar-refractivity contribution in [3.8, 4) is 11.4 Å². The number of ether oxygens (including phenoxy) is 1. The maximum absolute atomic E-state index is 12.2. The number of tetrazole rings is 1. The van der Waals surface area contributed by atoms with Crippen molar-refractivity contribution in [3.05, 3.63) is 30.1 Å². The van der Waals surface area contributed by atoms with Crippen LogP contribution in [-0.2, 0) is 5.75 Å². The molecule has 0 bridgehead atoms. The van der Waals surface area contributed by atoms with Crippen molar-refractivity contribution < 1.29 is 13.5 Å². The molecule has 1 N–H and O–H groups in total. The molecule has 8 nitrogen and oxygen atoms in total. The summed E-state index contributed by atoms with van der Waals surface area (Å²) in [7, 11) is 0. The second-order valence-corrected chi connectivity index (χ2v) is 8.02. The van der Waals surface area contributed by atoms with Gasteiger partial charge in [-0.05, 0) is 40.6 Å². The number of hydrogen-bond acceptors (Lipinski definition) is 9. The lowest BCUT2D eigenvalue weighted by Gasteiger charge is -2.06. The van der Waals surface area contributed by atoms with Gasteiger partial charge in [0.2, 0.25) is 5.13 Å². The molecule has 27 heavy (non-hydrogen) atoms. The standard InChI is InChI=1S/C15H17F2N7OS2/c1-9(2)7-18-14-20-21-15(27-14)26-8-12-19-22-23-24(12)10-3-5-11(6-4-10)25-13(16)17/h3-6,9,13H,7-8H2,1-2H3,(H,18,20). The van der Waals surface area contributed by atoms with Crippen molar-refractivity contribution in [2.45, 2.75) is 30.6 Å². The molecular formula is C15H17F2N7OS2. The zero-order valence-corrected chi connectivity index (χ0v) is 16.2. The Bertz CT molecular complexity index is 854. The molecule has 0 amide bonds. The van der Waals surface area contributed by atoms with E-state index >= 15 is 0 Å². The van der Waals surface area contributed by atoms with Gasteiger partial charge in [0.15, 0.2) is 10.2 Å². The molecule has 3 aromatic rings. The van der Waals surface area contributed by atoms with Crippen LogP contribution in [0.15, 0.2) is 28.6 Å². The minimum Gasteiger partial charge on any atom is -0.435 e. The molecule has 2 aromatic heterocycles. The Morgan fingerprint density at radius 2 is 1.96 bits per heavy atom. The zero-order chi connectivity index (χ0) is 19.2. The van der Waals surface area contributed by atoms with E-state index in [-0.39, 0.29) is 5.75 Å². The second-order valence-electron chi connectivity index (χ2n) is 5.82. The Hall–Kier alpha value is -2.34. The highest BCUT2D eigenvalue weighted by Crippen LogP contribution is 2.28. The van der Waals surface area contributed by atoms with Crippen molar-refractivity contribution in [2.24, 2.45) is 5.92 Å².